The Kier molecular flexibility index (Phi) is 4.32. The van der Waals surface area contributed by atoms with Gasteiger partial charge in [-0.3, -0.25) is 0 Å². The minimum atomic E-state index is 0.456. The van der Waals surface area contributed by atoms with Crippen LogP contribution in [0.25, 0.3) is 0 Å². The van der Waals surface area contributed by atoms with Gasteiger partial charge >= 0.3 is 0 Å². The van der Waals surface area contributed by atoms with Crippen LogP contribution in [0.15, 0.2) is 22.7 Å². The number of halogens is 1. The topological polar surface area (TPSA) is 29.3 Å². The van der Waals surface area contributed by atoms with Crippen LogP contribution in [-0.2, 0) is 0 Å². The smallest absolute Gasteiger partial charge is 0.105 e. The SMILES string of the molecule is NC(=S)c1ccc(N2CCCC3CCCCC32)cc1Br. The zero-order valence-corrected chi connectivity index (χ0v) is 14.0. The van der Waals surface area contributed by atoms with Crippen molar-refractivity contribution < 1.29 is 0 Å². The summed E-state index contributed by atoms with van der Waals surface area (Å²) >= 11 is 8.68. The van der Waals surface area contributed by atoms with Crippen molar-refractivity contribution in [3.8, 4) is 0 Å². The molecule has 0 bridgehead atoms. The molecule has 20 heavy (non-hydrogen) atoms. The predicted octanol–water partition coefficient (Wildman–Crippen LogP) is 4.24. The maximum Gasteiger partial charge on any atom is 0.105 e. The van der Waals surface area contributed by atoms with Gasteiger partial charge in [0.25, 0.3) is 0 Å². The molecule has 2 fully saturated rings. The number of hydrogen-bond donors (Lipinski definition) is 1. The summed E-state index contributed by atoms with van der Waals surface area (Å²) in [7, 11) is 0. The summed E-state index contributed by atoms with van der Waals surface area (Å²) in [5, 5.41) is 0. The predicted molar refractivity (Wildman–Crippen MR) is 92.4 cm³/mol. The van der Waals surface area contributed by atoms with Gasteiger partial charge < -0.3 is 10.6 Å². The summed E-state index contributed by atoms with van der Waals surface area (Å²) in [5.41, 5.74) is 7.98. The fourth-order valence-corrected chi connectivity index (χ4v) is 4.72. The molecule has 1 saturated heterocycles. The molecule has 0 amide bonds. The second-order valence-electron chi connectivity index (χ2n) is 5.98. The number of fused-ring (bicyclic) bond motifs is 1. The van der Waals surface area contributed by atoms with Gasteiger partial charge in [0.2, 0.25) is 0 Å². The Morgan fingerprint density at radius 3 is 2.70 bits per heavy atom. The monoisotopic (exact) mass is 352 g/mol. The van der Waals surface area contributed by atoms with Crippen LogP contribution in [0, 0.1) is 5.92 Å². The molecule has 0 aromatic heterocycles. The third-order valence-corrected chi connectivity index (χ3v) is 5.67. The van der Waals surface area contributed by atoms with Crippen molar-refractivity contribution in [2.45, 2.75) is 44.6 Å². The number of anilines is 1. The van der Waals surface area contributed by atoms with Crippen molar-refractivity contribution in [1.82, 2.24) is 0 Å². The first-order chi connectivity index (χ1) is 9.66. The normalized spacial score (nSPS) is 26.1. The van der Waals surface area contributed by atoms with Crippen molar-refractivity contribution in [1.29, 1.82) is 0 Å². The van der Waals surface area contributed by atoms with Crippen LogP contribution in [0.1, 0.15) is 44.1 Å². The maximum absolute atomic E-state index is 5.74. The largest absolute Gasteiger partial charge is 0.389 e. The first-order valence-electron chi connectivity index (χ1n) is 7.53. The van der Waals surface area contributed by atoms with Gasteiger partial charge in [-0.2, -0.15) is 0 Å². The van der Waals surface area contributed by atoms with E-state index in [-0.39, 0.29) is 0 Å². The number of piperidine rings is 1. The molecule has 1 aromatic rings. The highest BCUT2D eigenvalue weighted by Gasteiger charge is 2.33. The third kappa shape index (κ3) is 2.73. The number of benzene rings is 1. The molecule has 1 saturated carbocycles. The standard InChI is InChI=1S/C16H21BrN2S/c17-14-10-12(7-8-13(14)16(18)20)19-9-3-5-11-4-1-2-6-15(11)19/h7-8,10-11,15H,1-6,9H2,(H2,18,20). The van der Waals surface area contributed by atoms with Crippen LogP contribution < -0.4 is 10.6 Å². The Bertz CT molecular complexity index is 515. The molecule has 108 valence electrons. The fourth-order valence-electron chi connectivity index (χ4n) is 3.83. The molecule has 1 aromatic carbocycles. The van der Waals surface area contributed by atoms with E-state index < -0.39 is 0 Å². The fraction of sp³-hybridized carbons (Fsp3) is 0.562. The van der Waals surface area contributed by atoms with Gasteiger partial charge in [0.05, 0.1) is 0 Å². The van der Waals surface area contributed by atoms with Crippen molar-refractivity contribution in [2.75, 3.05) is 11.4 Å². The second kappa shape index (κ2) is 6.02. The van der Waals surface area contributed by atoms with Gasteiger partial charge in [-0.1, -0.05) is 25.1 Å². The van der Waals surface area contributed by atoms with Crippen molar-refractivity contribution >= 4 is 38.8 Å². The molecule has 2 aliphatic rings. The summed E-state index contributed by atoms with van der Waals surface area (Å²) in [6.07, 6.45) is 8.28. The number of nitrogens with two attached hydrogens (primary N) is 1. The minimum Gasteiger partial charge on any atom is -0.389 e. The number of rotatable bonds is 2. The number of nitrogens with zero attached hydrogens (tertiary/aromatic N) is 1. The molecule has 4 heteroatoms. The number of hydrogen-bond acceptors (Lipinski definition) is 2. The van der Waals surface area contributed by atoms with Crippen LogP contribution in [0.5, 0.6) is 0 Å². The summed E-state index contributed by atoms with van der Waals surface area (Å²) in [6, 6.07) is 7.15. The molecular weight excluding hydrogens is 332 g/mol. The van der Waals surface area contributed by atoms with Crippen LogP contribution in [0.2, 0.25) is 0 Å². The van der Waals surface area contributed by atoms with E-state index in [1.165, 1.54) is 50.8 Å². The van der Waals surface area contributed by atoms with Gasteiger partial charge in [0.15, 0.2) is 0 Å². The van der Waals surface area contributed by atoms with E-state index in [1.807, 2.05) is 6.07 Å². The molecule has 0 spiro atoms. The lowest BCUT2D eigenvalue weighted by molar-refractivity contribution is 0.244. The van der Waals surface area contributed by atoms with Gasteiger partial charge in [-0.25, -0.2) is 0 Å². The summed E-state index contributed by atoms with van der Waals surface area (Å²) in [6.45, 7) is 1.18. The molecule has 0 radical (unpaired) electrons. The van der Waals surface area contributed by atoms with Crippen LogP contribution in [0.3, 0.4) is 0 Å². The number of thiocarbonyl (C=S) groups is 1. The first-order valence-corrected chi connectivity index (χ1v) is 8.73. The summed E-state index contributed by atoms with van der Waals surface area (Å²) < 4.78 is 1.01. The molecule has 3 rings (SSSR count). The lowest BCUT2D eigenvalue weighted by Crippen LogP contribution is -2.46. The van der Waals surface area contributed by atoms with E-state index in [4.69, 9.17) is 18.0 Å². The molecule has 2 nitrogen and oxygen atoms in total. The van der Waals surface area contributed by atoms with Gasteiger partial charge in [-0.05, 0) is 65.7 Å². The van der Waals surface area contributed by atoms with E-state index in [9.17, 15) is 0 Å². The summed E-state index contributed by atoms with van der Waals surface area (Å²) in [5.74, 6) is 0.895. The molecule has 1 aliphatic heterocycles. The second-order valence-corrected chi connectivity index (χ2v) is 7.27. The van der Waals surface area contributed by atoms with E-state index >= 15 is 0 Å². The lowest BCUT2D eigenvalue weighted by atomic mass is 9.78. The van der Waals surface area contributed by atoms with Gasteiger partial charge in [-0.15, -0.1) is 0 Å². The molecule has 1 heterocycles. The molecular formula is C16H21BrN2S. The van der Waals surface area contributed by atoms with Crippen molar-refractivity contribution in [2.24, 2.45) is 11.7 Å². The van der Waals surface area contributed by atoms with E-state index in [0.717, 1.165) is 22.0 Å². The minimum absolute atomic E-state index is 0.456. The zero-order chi connectivity index (χ0) is 14.1. The zero-order valence-electron chi connectivity index (χ0n) is 11.6. The van der Waals surface area contributed by atoms with Crippen LogP contribution in [0.4, 0.5) is 5.69 Å². The highest BCUT2D eigenvalue weighted by Crippen LogP contribution is 2.38. The average Bonchev–Trinajstić information content (AvgIpc) is 2.46. The summed E-state index contributed by atoms with van der Waals surface area (Å²) in [4.78, 5) is 3.07. The molecule has 2 atom stereocenters. The maximum atomic E-state index is 5.74. The molecule has 2 unspecified atom stereocenters. The highest BCUT2D eigenvalue weighted by atomic mass is 79.9. The van der Waals surface area contributed by atoms with Crippen molar-refractivity contribution in [3.63, 3.8) is 0 Å². The first kappa shape index (κ1) is 14.3. The lowest BCUT2D eigenvalue weighted by Gasteiger charge is -2.45. The van der Waals surface area contributed by atoms with E-state index in [0.29, 0.717) is 4.99 Å². The average molecular weight is 353 g/mol. The third-order valence-electron chi connectivity index (χ3n) is 4.79. The van der Waals surface area contributed by atoms with E-state index in [2.05, 4.69) is 33.0 Å². The Morgan fingerprint density at radius 2 is 1.95 bits per heavy atom. The van der Waals surface area contributed by atoms with Gasteiger partial charge in [0, 0.05) is 28.3 Å². The van der Waals surface area contributed by atoms with E-state index in [1.54, 1.807) is 0 Å². The Balaban J connectivity index is 1.87. The highest BCUT2D eigenvalue weighted by molar-refractivity contribution is 9.10. The van der Waals surface area contributed by atoms with Gasteiger partial charge in [0.1, 0.15) is 4.99 Å². The molecule has 2 N–H and O–H groups in total. The molecule has 1 aliphatic carbocycles. The van der Waals surface area contributed by atoms with Crippen LogP contribution in [-0.4, -0.2) is 17.6 Å². The van der Waals surface area contributed by atoms with Crippen LogP contribution >= 0.6 is 28.1 Å². The Labute approximate surface area is 134 Å². The Morgan fingerprint density at radius 1 is 1.20 bits per heavy atom. The quantitative estimate of drug-likeness (QED) is 0.807. The Hall–Kier alpha value is -0.610. The van der Waals surface area contributed by atoms with Crippen molar-refractivity contribution in [3.05, 3.63) is 28.2 Å².